The van der Waals surface area contributed by atoms with Crippen molar-refractivity contribution in [1.82, 2.24) is 14.6 Å². The Balaban J connectivity index is 2.46. The van der Waals surface area contributed by atoms with E-state index in [0.717, 1.165) is 16.1 Å². The van der Waals surface area contributed by atoms with Crippen molar-refractivity contribution in [2.45, 2.75) is 19.4 Å². The van der Waals surface area contributed by atoms with E-state index in [0.29, 0.717) is 6.42 Å². The minimum atomic E-state index is 0.0891. The Hall–Kier alpha value is -0.940. The minimum absolute atomic E-state index is 0.0891. The van der Waals surface area contributed by atoms with Gasteiger partial charge in [-0.2, -0.15) is 5.10 Å². The summed E-state index contributed by atoms with van der Waals surface area (Å²) in [5.74, 6) is 0.784. The van der Waals surface area contributed by atoms with Crippen molar-refractivity contribution in [2.75, 3.05) is 0 Å². The van der Waals surface area contributed by atoms with E-state index >= 15 is 0 Å². The second-order valence-corrected chi connectivity index (χ2v) is 4.14. The summed E-state index contributed by atoms with van der Waals surface area (Å²) in [6.45, 7) is 1.95. The van der Waals surface area contributed by atoms with Crippen molar-refractivity contribution in [3.8, 4) is 0 Å². The highest BCUT2D eigenvalue weighted by molar-refractivity contribution is 9.10. The van der Waals surface area contributed by atoms with Gasteiger partial charge in [-0.3, -0.25) is 0 Å². The number of nitrogens with two attached hydrogens (primary N) is 1. The Morgan fingerprint density at radius 1 is 1.57 bits per heavy atom. The minimum Gasteiger partial charge on any atom is -0.328 e. The summed E-state index contributed by atoms with van der Waals surface area (Å²) in [6.07, 6.45) is 0.703. The molecule has 0 aliphatic heterocycles. The van der Waals surface area contributed by atoms with Crippen LogP contribution in [0.4, 0.5) is 0 Å². The van der Waals surface area contributed by atoms with Crippen LogP contribution in [0, 0.1) is 0 Å². The molecule has 2 aromatic rings. The first kappa shape index (κ1) is 9.61. The molecule has 14 heavy (non-hydrogen) atoms. The zero-order chi connectivity index (χ0) is 10.1. The molecular formula is C9H11BrN4. The molecular weight excluding hydrogens is 244 g/mol. The third kappa shape index (κ3) is 1.78. The lowest BCUT2D eigenvalue weighted by Crippen LogP contribution is -2.18. The highest BCUT2D eigenvalue weighted by Gasteiger charge is 2.06. The highest BCUT2D eigenvalue weighted by Crippen LogP contribution is 2.11. The molecule has 2 N–H and O–H groups in total. The normalized spacial score (nSPS) is 13.4. The molecule has 0 bridgehead atoms. The first-order valence-corrected chi connectivity index (χ1v) is 5.22. The molecule has 74 valence electrons. The van der Waals surface area contributed by atoms with Crippen LogP contribution >= 0.6 is 15.9 Å². The summed E-state index contributed by atoms with van der Waals surface area (Å²) in [5.41, 5.74) is 6.53. The van der Waals surface area contributed by atoms with Crippen molar-refractivity contribution >= 4 is 21.6 Å². The van der Waals surface area contributed by atoms with Crippen LogP contribution in [0.5, 0.6) is 0 Å². The lowest BCUT2D eigenvalue weighted by molar-refractivity contribution is 0.698. The number of hydrogen-bond acceptors (Lipinski definition) is 3. The van der Waals surface area contributed by atoms with Gasteiger partial charge in [-0.15, -0.1) is 0 Å². The lowest BCUT2D eigenvalue weighted by Gasteiger charge is -1.97. The van der Waals surface area contributed by atoms with Gasteiger partial charge in [0.1, 0.15) is 4.60 Å². The molecule has 1 atom stereocenters. The van der Waals surface area contributed by atoms with E-state index in [4.69, 9.17) is 5.73 Å². The van der Waals surface area contributed by atoms with Crippen LogP contribution in [0.1, 0.15) is 12.7 Å². The van der Waals surface area contributed by atoms with E-state index in [1.54, 1.807) is 4.52 Å². The zero-order valence-electron chi connectivity index (χ0n) is 7.81. The number of hydrogen-bond donors (Lipinski definition) is 1. The van der Waals surface area contributed by atoms with E-state index < -0.39 is 0 Å². The number of aromatic nitrogens is 3. The van der Waals surface area contributed by atoms with E-state index in [1.165, 1.54) is 0 Å². The summed E-state index contributed by atoms with van der Waals surface area (Å²) >= 11 is 3.41. The Morgan fingerprint density at radius 3 is 3.00 bits per heavy atom. The number of pyridine rings is 1. The largest absolute Gasteiger partial charge is 0.328 e. The second-order valence-electron chi connectivity index (χ2n) is 3.33. The van der Waals surface area contributed by atoms with Gasteiger partial charge < -0.3 is 5.73 Å². The monoisotopic (exact) mass is 254 g/mol. The summed E-state index contributed by atoms with van der Waals surface area (Å²) in [5, 5.41) is 4.33. The maximum Gasteiger partial charge on any atom is 0.156 e. The second kappa shape index (κ2) is 3.67. The number of rotatable bonds is 2. The third-order valence-corrected chi connectivity index (χ3v) is 2.46. The molecule has 0 aliphatic rings. The maximum absolute atomic E-state index is 5.68. The fraction of sp³-hybridized carbons (Fsp3) is 0.333. The fourth-order valence-electron chi connectivity index (χ4n) is 1.29. The van der Waals surface area contributed by atoms with Crippen LogP contribution in [0.2, 0.25) is 0 Å². The smallest absolute Gasteiger partial charge is 0.156 e. The average molecular weight is 255 g/mol. The summed E-state index contributed by atoms with van der Waals surface area (Å²) in [6, 6.07) is 5.87. The first-order chi connectivity index (χ1) is 6.66. The lowest BCUT2D eigenvalue weighted by atomic mass is 10.2. The van der Waals surface area contributed by atoms with Gasteiger partial charge in [0, 0.05) is 12.5 Å². The topological polar surface area (TPSA) is 56.2 Å². The molecule has 0 fully saturated rings. The van der Waals surface area contributed by atoms with Crippen LogP contribution in [-0.2, 0) is 6.42 Å². The van der Waals surface area contributed by atoms with E-state index in [9.17, 15) is 0 Å². The van der Waals surface area contributed by atoms with Crippen molar-refractivity contribution < 1.29 is 0 Å². The molecule has 2 heterocycles. The molecule has 1 unspecified atom stereocenters. The fourth-order valence-corrected chi connectivity index (χ4v) is 1.71. The van der Waals surface area contributed by atoms with Gasteiger partial charge >= 0.3 is 0 Å². The molecule has 2 rings (SSSR count). The van der Waals surface area contributed by atoms with Gasteiger partial charge in [-0.25, -0.2) is 9.50 Å². The molecule has 0 spiro atoms. The van der Waals surface area contributed by atoms with Gasteiger partial charge in [0.05, 0.1) is 0 Å². The van der Waals surface area contributed by atoms with Crippen molar-refractivity contribution in [3.63, 3.8) is 0 Å². The molecule has 0 saturated carbocycles. The summed E-state index contributed by atoms with van der Waals surface area (Å²) in [4.78, 5) is 4.36. The molecule has 0 aliphatic carbocycles. The Morgan fingerprint density at radius 2 is 2.36 bits per heavy atom. The number of nitrogens with zero attached hydrogens (tertiary/aromatic N) is 3. The molecule has 2 aromatic heterocycles. The molecule has 0 saturated heterocycles. The highest BCUT2D eigenvalue weighted by atomic mass is 79.9. The van der Waals surface area contributed by atoms with Gasteiger partial charge in [-0.05, 0) is 35.0 Å². The molecule has 0 amide bonds. The van der Waals surface area contributed by atoms with Gasteiger partial charge in [-0.1, -0.05) is 6.07 Å². The van der Waals surface area contributed by atoms with Crippen molar-refractivity contribution in [2.24, 2.45) is 5.73 Å². The number of halogens is 1. The van der Waals surface area contributed by atoms with Crippen LogP contribution in [0.25, 0.3) is 5.65 Å². The van der Waals surface area contributed by atoms with Gasteiger partial charge in [0.15, 0.2) is 11.5 Å². The molecule has 4 nitrogen and oxygen atoms in total. The Kier molecular flexibility index (Phi) is 2.52. The molecule has 0 radical (unpaired) electrons. The van der Waals surface area contributed by atoms with Crippen molar-refractivity contribution in [3.05, 3.63) is 28.6 Å². The van der Waals surface area contributed by atoms with Gasteiger partial charge in [0.2, 0.25) is 0 Å². The average Bonchev–Trinajstić information content (AvgIpc) is 2.47. The molecule has 0 aromatic carbocycles. The van der Waals surface area contributed by atoms with E-state index in [-0.39, 0.29) is 6.04 Å². The van der Waals surface area contributed by atoms with Crippen LogP contribution < -0.4 is 5.73 Å². The maximum atomic E-state index is 5.68. The molecule has 5 heteroatoms. The standard InChI is InChI=1S/C9H11BrN4/c1-6(11)5-8-12-9-4-2-3-7(10)14(9)13-8/h2-4,6H,5,11H2,1H3. The summed E-state index contributed by atoms with van der Waals surface area (Å²) < 4.78 is 2.66. The van der Waals surface area contributed by atoms with Crippen LogP contribution in [0.3, 0.4) is 0 Å². The van der Waals surface area contributed by atoms with Crippen LogP contribution in [0.15, 0.2) is 22.8 Å². The van der Waals surface area contributed by atoms with Gasteiger partial charge in [0.25, 0.3) is 0 Å². The quantitative estimate of drug-likeness (QED) is 0.825. The Labute approximate surface area is 90.3 Å². The number of fused-ring (bicyclic) bond motifs is 1. The summed E-state index contributed by atoms with van der Waals surface area (Å²) in [7, 11) is 0. The van der Waals surface area contributed by atoms with Crippen LogP contribution in [-0.4, -0.2) is 20.6 Å². The van der Waals surface area contributed by atoms with E-state index in [1.807, 2.05) is 25.1 Å². The predicted octanol–water partition coefficient (Wildman–Crippen LogP) is 1.38. The van der Waals surface area contributed by atoms with Crippen molar-refractivity contribution in [1.29, 1.82) is 0 Å². The third-order valence-electron chi connectivity index (χ3n) is 1.86. The zero-order valence-corrected chi connectivity index (χ0v) is 9.40. The Bertz CT molecular complexity index is 449. The van der Waals surface area contributed by atoms with E-state index in [2.05, 4.69) is 26.0 Å². The SMILES string of the molecule is CC(N)Cc1nc2cccc(Br)n2n1. The predicted molar refractivity (Wildman–Crippen MR) is 58.0 cm³/mol. The first-order valence-electron chi connectivity index (χ1n) is 4.42.